The Morgan fingerprint density at radius 3 is 2.34 bits per heavy atom. The Balaban J connectivity index is 1.49. The molecule has 0 aromatic heterocycles. The quantitative estimate of drug-likeness (QED) is 0.319. The lowest BCUT2D eigenvalue weighted by atomic mass is 10.1. The molecule has 0 heterocycles. The molecule has 1 atom stereocenters. The number of carbonyl (C=O) groups excluding carboxylic acids is 1. The van der Waals surface area contributed by atoms with Gasteiger partial charge in [0.1, 0.15) is 18.1 Å². The molecule has 3 aromatic rings. The van der Waals surface area contributed by atoms with Crippen LogP contribution in [0.15, 0.2) is 65.8 Å². The minimum atomic E-state index is -0.715. The summed E-state index contributed by atoms with van der Waals surface area (Å²) in [5, 5.41) is 5.37. The van der Waals surface area contributed by atoms with E-state index >= 15 is 0 Å². The second-order valence-electron chi connectivity index (χ2n) is 7.31. The molecular formula is C25H24Cl2N2O3. The molecule has 1 amide bonds. The zero-order valence-electron chi connectivity index (χ0n) is 18.1. The van der Waals surface area contributed by atoms with E-state index in [-0.39, 0.29) is 5.91 Å². The molecule has 0 aliphatic heterocycles. The van der Waals surface area contributed by atoms with Crippen LogP contribution in [0, 0.1) is 13.8 Å². The first-order valence-electron chi connectivity index (χ1n) is 10.1. The van der Waals surface area contributed by atoms with Gasteiger partial charge in [-0.15, -0.1) is 0 Å². The van der Waals surface area contributed by atoms with E-state index in [2.05, 4.69) is 10.5 Å². The van der Waals surface area contributed by atoms with Crippen molar-refractivity contribution in [3.05, 3.63) is 93.0 Å². The number of halogens is 2. The van der Waals surface area contributed by atoms with Gasteiger partial charge in [0.05, 0.1) is 6.21 Å². The van der Waals surface area contributed by atoms with Crippen LogP contribution in [-0.4, -0.2) is 18.2 Å². The lowest BCUT2D eigenvalue weighted by Crippen LogP contribution is -2.33. The lowest BCUT2D eigenvalue weighted by molar-refractivity contribution is -0.127. The van der Waals surface area contributed by atoms with Gasteiger partial charge in [0.25, 0.3) is 5.91 Å². The summed E-state index contributed by atoms with van der Waals surface area (Å²) < 4.78 is 11.5. The van der Waals surface area contributed by atoms with E-state index in [0.717, 1.165) is 22.3 Å². The van der Waals surface area contributed by atoms with Crippen molar-refractivity contribution in [2.75, 3.05) is 0 Å². The third-order valence-electron chi connectivity index (χ3n) is 4.71. The highest BCUT2D eigenvalue weighted by molar-refractivity contribution is 6.32. The van der Waals surface area contributed by atoms with Gasteiger partial charge in [-0.3, -0.25) is 4.79 Å². The zero-order chi connectivity index (χ0) is 23.1. The highest BCUT2D eigenvalue weighted by Crippen LogP contribution is 2.26. The monoisotopic (exact) mass is 470 g/mol. The molecule has 0 saturated carbocycles. The molecule has 0 saturated heterocycles. The van der Waals surface area contributed by atoms with E-state index in [9.17, 15) is 4.79 Å². The van der Waals surface area contributed by atoms with Gasteiger partial charge < -0.3 is 9.47 Å². The van der Waals surface area contributed by atoms with E-state index in [1.54, 1.807) is 25.3 Å². The van der Waals surface area contributed by atoms with Crippen molar-refractivity contribution in [3.8, 4) is 11.5 Å². The van der Waals surface area contributed by atoms with Crippen molar-refractivity contribution in [3.63, 3.8) is 0 Å². The van der Waals surface area contributed by atoms with E-state index in [1.807, 2.05) is 62.4 Å². The maximum atomic E-state index is 12.3. The maximum absolute atomic E-state index is 12.3. The minimum Gasteiger partial charge on any atom is -0.489 e. The second-order valence-corrected chi connectivity index (χ2v) is 8.10. The first-order valence-corrected chi connectivity index (χ1v) is 10.8. The summed E-state index contributed by atoms with van der Waals surface area (Å²) in [5.41, 5.74) is 6.01. The maximum Gasteiger partial charge on any atom is 0.280 e. The van der Waals surface area contributed by atoms with Gasteiger partial charge >= 0.3 is 0 Å². The van der Waals surface area contributed by atoms with Crippen LogP contribution in [0.5, 0.6) is 11.5 Å². The number of benzene rings is 3. The molecule has 3 aromatic carbocycles. The molecule has 0 bridgehead atoms. The Morgan fingerprint density at radius 1 is 1.03 bits per heavy atom. The fourth-order valence-electron chi connectivity index (χ4n) is 2.92. The summed E-state index contributed by atoms with van der Waals surface area (Å²) in [7, 11) is 0. The number of aryl methyl sites for hydroxylation is 2. The first kappa shape index (κ1) is 23.6. The van der Waals surface area contributed by atoms with Gasteiger partial charge in [-0.1, -0.05) is 41.4 Å². The standard InChI is InChI=1S/C25H24Cl2N2O3/c1-16-12-22(13-17(2)24(16)27)32-18(3)25(30)29-28-14-19-8-10-21(11-9-19)31-15-20-6-4-5-7-23(20)26/h4-14,18H,15H2,1-3H3,(H,29,30)/b28-14+. The van der Waals surface area contributed by atoms with Crippen LogP contribution in [-0.2, 0) is 11.4 Å². The molecule has 0 spiro atoms. The summed E-state index contributed by atoms with van der Waals surface area (Å²) in [6, 6.07) is 18.5. The Bertz CT molecular complexity index is 1090. The summed E-state index contributed by atoms with van der Waals surface area (Å²) in [6.07, 6.45) is 0.840. The number of carbonyl (C=O) groups is 1. The third-order valence-corrected chi connectivity index (χ3v) is 5.68. The molecule has 166 valence electrons. The lowest BCUT2D eigenvalue weighted by Gasteiger charge is -2.15. The Labute approximate surface area is 198 Å². The predicted octanol–water partition coefficient (Wildman–Crippen LogP) is 6.11. The Morgan fingerprint density at radius 2 is 1.69 bits per heavy atom. The van der Waals surface area contributed by atoms with E-state index in [0.29, 0.717) is 28.2 Å². The number of ether oxygens (including phenoxy) is 2. The number of hydrazone groups is 1. The normalized spacial score (nSPS) is 11.9. The molecule has 0 radical (unpaired) electrons. The van der Waals surface area contributed by atoms with Crippen LogP contribution in [0.25, 0.3) is 0 Å². The Hall–Kier alpha value is -3.02. The molecule has 1 N–H and O–H groups in total. The molecule has 32 heavy (non-hydrogen) atoms. The van der Waals surface area contributed by atoms with Crippen LogP contribution in [0.4, 0.5) is 0 Å². The van der Waals surface area contributed by atoms with Crippen molar-refractivity contribution in [1.82, 2.24) is 5.43 Å². The van der Waals surface area contributed by atoms with E-state index in [4.69, 9.17) is 32.7 Å². The molecular weight excluding hydrogens is 447 g/mol. The van der Waals surface area contributed by atoms with Crippen LogP contribution >= 0.6 is 23.2 Å². The number of nitrogens with zero attached hydrogens (tertiary/aromatic N) is 1. The van der Waals surface area contributed by atoms with E-state index in [1.165, 1.54) is 0 Å². The van der Waals surface area contributed by atoms with Crippen LogP contribution in [0.3, 0.4) is 0 Å². The van der Waals surface area contributed by atoms with Crippen LogP contribution in [0.2, 0.25) is 10.0 Å². The molecule has 3 rings (SSSR count). The summed E-state index contributed by atoms with van der Waals surface area (Å²) in [5.74, 6) is 0.941. The molecule has 5 nitrogen and oxygen atoms in total. The van der Waals surface area contributed by atoms with Gasteiger partial charge in [0.2, 0.25) is 0 Å². The van der Waals surface area contributed by atoms with Crippen LogP contribution < -0.4 is 14.9 Å². The average molecular weight is 471 g/mol. The second kappa shape index (κ2) is 11.0. The number of nitrogens with one attached hydrogen (secondary N) is 1. The van der Waals surface area contributed by atoms with E-state index < -0.39 is 6.10 Å². The van der Waals surface area contributed by atoms with Crippen molar-refractivity contribution in [1.29, 1.82) is 0 Å². The zero-order valence-corrected chi connectivity index (χ0v) is 19.6. The number of hydrogen-bond donors (Lipinski definition) is 1. The minimum absolute atomic E-state index is 0.355. The fourth-order valence-corrected chi connectivity index (χ4v) is 3.22. The van der Waals surface area contributed by atoms with Crippen molar-refractivity contribution >= 4 is 35.3 Å². The molecule has 0 fully saturated rings. The van der Waals surface area contributed by atoms with Crippen LogP contribution in [0.1, 0.15) is 29.2 Å². The molecule has 1 unspecified atom stereocenters. The van der Waals surface area contributed by atoms with Gasteiger partial charge in [0, 0.05) is 15.6 Å². The SMILES string of the molecule is Cc1cc(OC(C)C(=O)N/N=C/c2ccc(OCc3ccccc3Cl)cc2)cc(C)c1Cl. The largest absolute Gasteiger partial charge is 0.489 e. The number of rotatable bonds is 8. The van der Waals surface area contributed by atoms with Crippen molar-refractivity contribution < 1.29 is 14.3 Å². The first-order chi connectivity index (χ1) is 15.3. The van der Waals surface area contributed by atoms with Gasteiger partial charge in [0.15, 0.2) is 6.10 Å². The highest BCUT2D eigenvalue weighted by Gasteiger charge is 2.15. The summed E-state index contributed by atoms with van der Waals surface area (Å²) in [4.78, 5) is 12.3. The predicted molar refractivity (Wildman–Crippen MR) is 129 cm³/mol. The topological polar surface area (TPSA) is 59.9 Å². The molecule has 0 aliphatic rings. The van der Waals surface area contributed by atoms with Crippen molar-refractivity contribution in [2.45, 2.75) is 33.5 Å². The number of hydrogen-bond acceptors (Lipinski definition) is 4. The fraction of sp³-hybridized carbons (Fsp3) is 0.200. The smallest absolute Gasteiger partial charge is 0.280 e. The third kappa shape index (κ3) is 6.49. The van der Waals surface area contributed by atoms with Crippen molar-refractivity contribution in [2.24, 2.45) is 5.10 Å². The average Bonchev–Trinajstić information content (AvgIpc) is 2.77. The van der Waals surface area contributed by atoms with Gasteiger partial charge in [-0.05, 0) is 79.9 Å². The molecule has 0 aliphatic carbocycles. The summed E-state index contributed by atoms with van der Waals surface area (Å²) in [6.45, 7) is 5.83. The van der Waals surface area contributed by atoms with Gasteiger partial charge in [-0.25, -0.2) is 5.43 Å². The summed E-state index contributed by atoms with van der Waals surface area (Å²) >= 11 is 12.3. The molecule has 7 heteroatoms. The number of amides is 1. The Kier molecular flexibility index (Phi) is 8.14. The van der Waals surface area contributed by atoms with Gasteiger partial charge in [-0.2, -0.15) is 5.10 Å². The highest BCUT2D eigenvalue weighted by atomic mass is 35.5.